The Hall–Kier alpha value is -1.06. The Bertz CT molecular complexity index is 263. The van der Waals surface area contributed by atoms with Crippen LogP contribution in [-0.4, -0.2) is 25.3 Å². The van der Waals surface area contributed by atoms with Crippen LogP contribution in [0.25, 0.3) is 0 Å². The lowest BCUT2D eigenvalue weighted by Gasteiger charge is -2.04. The van der Waals surface area contributed by atoms with Gasteiger partial charge in [-0.3, -0.25) is 0 Å². The van der Waals surface area contributed by atoms with Gasteiger partial charge in [-0.25, -0.2) is 0 Å². The third-order valence-corrected chi connectivity index (χ3v) is 1.89. The molecule has 3 heteroatoms. The highest BCUT2D eigenvalue weighted by Gasteiger charge is 1.94. The van der Waals surface area contributed by atoms with Gasteiger partial charge in [-0.15, -0.1) is 0 Å². The zero-order valence-corrected chi connectivity index (χ0v) is 8.49. The number of phenols is 1. The van der Waals surface area contributed by atoms with E-state index in [0.29, 0.717) is 12.4 Å². The summed E-state index contributed by atoms with van der Waals surface area (Å²) in [5, 5.41) is 12.2. The van der Waals surface area contributed by atoms with E-state index in [1.165, 1.54) is 0 Å². The van der Waals surface area contributed by atoms with Crippen LogP contribution in [0, 0.1) is 0 Å². The minimum absolute atomic E-state index is 0.293. The minimum atomic E-state index is 0.293. The van der Waals surface area contributed by atoms with Gasteiger partial charge in [-0.2, -0.15) is 0 Å². The summed E-state index contributed by atoms with van der Waals surface area (Å²) in [7, 11) is 1.93. The summed E-state index contributed by atoms with van der Waals surface area (Å²) < 4.78 is 5.43. The van der Waals surface area contributed by atoms with Gasteiger partial charge in [0.15, 0.2) is 0 Å². The fourth-order valence-corrected chi connectivity index (χ4v) is 1.19. The second-order valence-electron chi connectivity index (χ2n) is 3.18. The fourth-order valence-electron chi connectivity index (χ4n) is 1.19. The SMILES string of the molecule is CNCCCOCc1cccc(O)c1. The van der Waals surface area contributed by atoms with E-state index in [1.54, 1.807) is 12.1 Å². The Morgan fingerprint density at radius 3 is 3.00 bits per heavy atom. The molecule has 0 heterocycles. The van der Waals surface area contributed by atoms with Crippen molar-refractivity contribution in [3.05, 3.63) is 29.8 Å². The summed E-state index contributed by atoms with van der Waals surface area (Å²) in [5.74, 6) is 0.293. The van der Waals surface area contributed by atoms with E-state index in [9.17, 15) is 5.11 Å². The number of nitrogens with one attached hydrogen (secondary N) is 1. The standard InChI is InChI=1S/C11H17NO2/c1-12-6-3-7-14-9-10-4-2-5-11(13)8-10/h2,4-5,8,12-13H,3,6-7,9H2,1H3. The van der Waals surface area contributed by atoms with Crippen LogP contribution >= 0.6 is 0 Å². The molecule has 2 N–H and O–H groups in total. The van der Waals surface area contributed by atoms with Gasteiger partial charge in [0, 0.05) is 6.61 Å². The molecule has 0 aliphatic rings. The van der Waals surface area contributed by atoms with E-state index < -0.39 is 0 Å². The van der Waals surface area contributed by atoms with Gasteiger partial charge in [-0.1, -0.05) is 12.1 Å². The van der Waals surface area contributed by atoms with Crippen molar-refractivity contribution in [1.82, 2.24) is 5.32 Å². The molecule has 0 atom stereocenters. The summed E-state index contributed by atoms with van der Waals surface area (Å²) in [4.78, 5) is 0. The molecular weight excluding hydrogens is 178 g/mol. The van der Waals surface area contributed by atoms with E-state index in [1.807, 2.05) is 19.2 Å². The average Bonchev–Trinajstić information content (AvgIpc) is 2.18. The number of benzene rings is 1. The lowest BCUT2D eigenvalue weighted by molar-refractivity contribution is 0.118. The van der Waals surface area contributed by atoms with Crippen molar-refractivity contribution < 1.29 is 9.84 Å². The maximum absolute atomic E-state index is 9.19. The molecule has 78 valence electrons. The Kier molecular flexibility index (Phi) is 5.04. The zero-order valence-electron chi connectivity index (χ0n) is 8.49. The monoisotopic (exact) mass is 195 g/mol. The molecule has 0 unspecified atom stereocenters. The topological polar surface area (TPSA) is 41.5 Å². The molecule has 0 spiro atoms. The van der Waals surface area contributed by atoms with Crippen LogP contribution in [0.15, 0.2) is 24.3 Å². The van der Waals surface area contributed by atoms with Crippen LogP contribution in [0.4, 0.5) is 0 Å². The second-order valence-corrected chi connectivity index (χ2v) is 3.18. The molecule has 0 aliphatic heterocycles. The quantitative estimate of drug-likeness (QED) is 0.676. The Morgan fingerprint density at radius 2 is 2.29 bits per heavy atom. The van der Waals surface area contributed by atoms with Gasteiger partial charge in [0.05, 0.1) is 6.61 Å². The third kappa shape index (κ3) is 4.25. The molecular formula is C11H17NO2. The van der Waals surface area contributed by atoms with Crippen molar-refractivity contribution >= 4 is 0 Å². The summed E-state index contributed by atoms with van der Waals surface area (Å²) in [5.41, 5.74) is 1.01. The van der Waals surface area contributed by atoms with Crippen LogP contribution in [0.5, 0.6) is 5.75 Å². The highest BCUT2D eigenvalue weighted by Crippen LogP contribution is 2.11. The highest BCUT2D eigenvalue weighted by atomic mass is 16.5. The van der Waals surface area contributed by atoms with E-state index in [-0.39, 0.29) is 0 Å². The molecule has 0 radical (unpaired) electrons. The van der Waals surface area contributed by atoms with Crippen LogP contribution in [0.2, 0.25) is 0 Å². The third-order valence-electron chi connectivity index (χ3n) is 1.89. The van der Waals surface area contributed by atoms with Crippen molar-refractivity contribution in [3.63, 3.8) is 0 Å². The number of phenolic OH excluding ortho intramolecular Hbond substituents is 1. The maximum atomic E-state index is 9.19. The molecule has 0 aromatic heterocycles. The van der Waals surface area contributed by atoms with Crippen LogP contribution in [0.3, 0.4) is 0 Å². The molecule has 0 amide bonds. The van der Waals surface area contributed by atoms with Crippen LogP contribution < -0.4 is 5.32 Å². The number of hydrogen-bond acceptors (Lipinski definition) is 3. The summed E-state index contributed by atoms with van der Waals surface area (Å²) >= 11 is 0. The van der Waals surface area contributed by atoms with Gasteiger partial charge in [0.25, 0.3) is 0 Å². The number of aromatic hydroxyl groups is 1. The number of hydrogen-bond donors (Lipinski definition) is 2. The van der Waals surface area contributed by atoms with Crippen LogP contribution in [-0.2, 0) is 11.3 Å². The van der Waals surface area contributed by atoms with Crippen molar-refractivity contribution in [2.75, 3.05) is 20.2 Å². The first-order chi connectivity index (χ1) is 6.83. The highest BCUT2D eigenvalue weighted by molar-refractivity contribution is 5.26. The molecule has 1 rings (SSSR count). The Balaban J connectivity index is 2.18. The van der Waals surface area contributed by atoms with Crippen molar-refractivity contribution in [1.29, 1.82) is 0 Å². The summed E-state index contributed by atoms with van der Waals surface area (Å²) in [6.07, 6.45) is 1.01. The first-order valence-electron chi connectivity index (χ1n) is 4.83. The van der Waals surface area contributed by atoms with Gasteiger partial charge in [0.2, 0.25) is 0 Å². The Morgan fingerprint density at radius 1 is 1.43 bits per heavy atom. The molecule has 0 saturated heterocycles. The smallest absolute Gasteiger partial charge is 0.115 e. The Labute approximate surface area is 84.7 Å². The van der Waals surface area contributed by atoms with E-state index >= 15 is 0 Å². The van der Waals surface area contributed by atoms with E-state index in [0.717, 1.165) is 25.1 Å². The molecule has 0 aliphatic carbocycles. The van der Waals surface area contributed by atoms with Gasteiger partial charge in [0.1, 0.15) is 5.75 Å². The van der Waals surface area contributed by atoms with Gasteiger partial charge in [-0.05, 0) is 37.7 Å². The average molecular weight is 195 g/mol. The predicted octanol–water partition coefficient (Wildman–Crippen LogP) is 1.52. The molecule has 1 aromatic carbocycles. The fraction of sp³-hybridized carbons (Fsp3) is 0.455. The summed E-state index contributed by atoms with van der Waals surface area (Å²) in [6.45, 7) is 2.29. The largest absolute Gasteiger partial charge is 0.508 e. The molecule has 14 heavy (non-hydrogen) atoms. The number of rotatable bonds is 6. The zero-order chi connectivity index (χ0) is 10.2. The van der Waals surface area contributed by atoms with E-state index in [2.05, 4.69) is 5.32 Å². The molecule has 1 aromatic rings. The van der Waals surface area contributed by atoms with Crippen molar-refractivity contribution in [3.8, 4) is 5.75 Å². The normalized spacial score (nSPS) is 10.4. The van der Waals surface area contributed by atoms with Crippen molar-refractivity contribution in [2.24, 2.45) is 0 Å². The minimum Gasteiger partial charge on any atom is -0.508 e. The molecule has 0 fully saturated rings. The van der Waals surface area contributed by atoms with Crippen LogP contribution in [0.1, 0.15) is 12.0 Å². The van der Waals surface area contributed by atoms with E-state index in [4.69, 9.17) is 4.74 Å². The van der Waals surface area contributed by atoms with Crippen molar-refractivity contribution in [2.45, 2.75) is 13.0 Å². The maximum Gasteiger partial charge on any atom is 0.115 e. The van der Waals surface area contributed by atoms with Gasteiger partial charge >= 0.3 is 0 Å². The predicted molar refractivity (Wildman–Crippen MR) is 56.3 cm³/mol. The molecule has 0 saturated carbocycles. The molecule has 0 bridgehead atoms. The molecule has 3 nitrogen and oxygen atoms in total. The first-order valence-corrected chi connectivity index (χ1v) is 4.83. The summed E-state index contributed by atoms with van der Waals surface area (Å²) in [6, 6.07) is 7.14. The first kappa shape index (κ1) is 11.0. The van der Waals surface area contributed by atoms with Gasteiger partial charge < -0.3 is 15.2 Å². The second kappa shape index (κ2) is 6.40. The lowest BCUT2D eigenvalue weighted by atomic mass is 10.2. The number of ether oxygens (including phenoxy) is 1. The lowest BCUT2D eigenvalue weighted by Crippen LogP contribution is -2.10.